The molecule has 0 aliphatic carbocycles. The second kappa shape index (κ2) is 9.82. The Morgan fingerprint density at radius 3 is 2.69 bits per heavy atom. The molecule has 5 aromatic rings. The van der Waals surface area contributed by atoms with E-state index in [0.29, 0.717) is 34.7 Å². The van der Waals surface area contributed by atoms with Crippen molar-refractivity contribution < 1.29 is 9.15 Å². The Morgan fingerprint density at radius 2 is 1.92 bits per heavy atom. The summed E-state index contributed by atoms with van der Waals surface area (Å²) < 4.78 is 15.2. The summed E-state index contributed by atoms with van der Waals surface area (Å²) in [6.07, 6.45) is 1.65. The zero-order chi connectivity index (χ0) is 25.4. The van der Waals surface area contributed by atoms with Gasteiger partial charge < -0.3 is 9.15 Å². The lowest BCUT2D eigenvalue weighted by Gasteiger charge is -2.19. The third-order valence-corrected chi connectivity index (χ3v) is 6.73. The second-order valence-corrected chi connectivity index (χ2v) is 11.7. The molecule has 36 heavy (non-hydrogen) atoms. The highest BCUT2D eigenvalue weighted by atomic mass is 127. The van der Waals surface area contributed by atoms with Crippen molar-refractivity contribution in [2.75, 3.05) is 6.61 Å². The minimum atomic E-state index is -0.270. The van der Waals surface area contributed by atoms with E-state index in [1.54, 1.807) is 12.3 Å². The van der Waals surface area contributed by atoms with E-state index in [0.717, 1.165) is 24.7 Å². The van der Waals surface area contributed by atoms with Crippen LogP contribution in [-0.2, 0) is 0 Å². The van der Waals surface area contributed by atoms with Gasteiger partial charge in [0.15, 0.2) is 5.76 Å². The molecule has 0 radical (unpaired) electrons. The molecule has 5 rings (SSSR count). The van der Waals surface area contributed by atoms with Crippen LogP contribution < -0.4 is 10.3 Å². The Labute approximate surface area is 230 Å². The SMILES string of the molecule is CC(C)(C)COc1ccc(C=Nn2c(-c3cc4cc(Br)ccc4o3)nc3ccccc3c2=O)cc1I. The van der Waals surface area contributed by atoms with Crippen LogP contribution in [0.15, 0.2) is 85.5 Å². The zero-order valence-corrected chi connectivity index (χ0v) is 23.7. The molecule has 3 aromatic carbocycles. The van der Waals surface area contributed by atoms with Gasteiger partial charge in [-0.3, -0.25) is 4.79 Å². The summed E-state index contributed by atoms with van der Waals surface area (Å²) >= 11 is 5.74. The first-order valence-electron chi connectivity index (χ1n) is 11.4. The predicted octanol–water partition coefficient (Wildman–Crippen LogP) is 7.48. The molecule has 0 spiro atoms. The van der Waals surface area contributed by atoms with Gasteiger partial charge in [0.1, 0.15) is 11.3 Å². The lowest BCUT2D eigenvalue weighted by Crippen LogP contribution is -2.20. The van der Waals surface area contributed by atoms with Crippen LogP contribution in [0.5, 0.6) is 5.75 Å². The van der Waals surface area contributed by atoms with E-state index < -0.39 is 0 Å². The first kappa shape index (κ1) is 24.7. The summed E-state index contributed by atoms with van der Waals surface area (Å²) in [4.78, 5) is 18.2. The lowest BCUT2D eigenvalue weighted by molar-refractivity contribution is 0.196. The van der Waals surface area contributed by atoms with Gasteiger partial charge in [0.25, 0.3) is 5.56 Å². The fourth-order valence-corrected chi connectivity index (χ4v) is 4.72. The molecule has 6 nitrogen and oxygen atoms in total. The standard InChI is InChI=1S/C28H23BrIN3O3/c1-28(2,3)16-35-24-10-8-17(12-21(24)30)15-31-33-26(32-22-7-5-4-6-20(22)27(33)34)25-14-18-13-19(29)9-11-23(18)36-25/h4-15H,16H2,1-3H3. The molecule has 0 saturated heterocycles. The monoisotopic (exact) mass is 655 g/mol. The molecule has 8 heteroatoms. The Hall–Kier alpha value is -2.98. The third kappa shape index (κ3) is 5.24. The predicted molar refractivity (Wildman–Crippen MR) is 156 cm³/mol. The average Bonchev–Trinajstić information content (AvgIpc) is 3.25. The van der Waals surface area contributed by atoms with Crippen molar-refractivity contribution in [3.8, 4) is 17.3 Å². The number of hydrogen-bond acceptors (Lipinski definition) is 5. The number of rotatable bonds is 5. The highest BCUT2D eigenvalue weighted by molar-refractivity contribution is 14.1. The minimum absolute atomic E-state index is 0.0661. The van der Waals surface area contributed by atoms with Gasteiger partial charge in [-0.25, -0.2) is 4.98 Å². The Balaban J connectivity index is 1.57. The molecule has 0 amide bonds. The molecular weight excluding hydrogens is 633 g/mol. The van der Waals surface area contributed by atoms with Crippen molar-refractivity contribution in [1.29, 1.82) is 0 Å². The van der Waals surface area contributed by atoms with E-state index in [2.05, 4.69) is 64.4 Å². The van der Waals surface area contributed by atoms with E-state index in [1.807, 2.05) is 60.7 Å². The normalized spacial score (nSPS) is 12.1. The first-order chi connectivity index (χ1) is 17.2. The zero-order valence-electron chi connectivity index (χ0n) is 20.0. The molecule has 0 saturated carbocycles. The number of benzene rings is 3. The van der Waals surface area contributed by atoms with E-state index >= 15 is 0 Å². The molecule has 0 aliphatic heterocycles. The minimum Gasteiger partial charge on any atom is -0.492 e. The van der Waals surface area contributed by atoms with Crippen molar-refractivity contribution in [3.05, 3.63) is 90.7 Å². The van der Waals surface area contributed by atoms with E-state index in [-0.39, 0.29) is 11.0 Å². The average molecular weight is 656 g/mol. The Kier molecular flexibility index (Phi) is 6.74. The molecule has 0 atom stereocenters. The topological polar surface area (TPSA) is 69.6 Å². The maximum atomic E-state index is 13.5. The van der Waals surface area contributed by atoms with Crippen LogP contribution >= 0.6 is 38.5 Å². The first-order valence-corrected chi connectivity index (χ1v) is 13.2. The van der Waals surface area contributed by atoms with Crippen LogP contribution in [0.2, 0.25) is 0 Å². The van der Waals surface area contributed by atoms with Gasteiger partial charge in [0.05, 0.1) is 27.3 Å². The largest absolute Gasteiger partial charge is 0.492 e. The summed E-state index contributed by atoms with van der Waals surface area (Å²) in [5.74, 6) is 1.62. The van der Waals surface area contributed by atoms with Crippen LogP contribution in [0, 0.1) is 8.99 Å². The molecule has 0 aliphatic rings. The molecule has 2 aromatic heterocycles. The van der Waals surface area contributed by atoms with E-state index in [4.69, 9.17) is 14.1 Å². The van der Waals surface area contributed by atoms with Gasteiger partial charge in [-0.1, -0.05) is 48.8 Å². The molecular formula is C28H23BrIN3O3. The lowest BCUT2D eigenvalue weighted by atomic mass is 9.99. The highest BCUT2D eigenvalue weighted by Gasteiger charge is 2.17. The molecule has 0 fully saturated rings. The molecule has 2 heterocycles. The van der Waals surface area contributed by atoms with Crippen LogP contribution in [0.3, 0.4) is 0 Å². The molecule has 0 bridgehead atoms. The summed E-state index contributed by atoms with van der Waals surface area (Å²) in [6, 6.07) is 20.7. The number of nitrogens with zero attached hydrogens (tertiary/aromatic N) is 3. The van der Waals surface area contributed by atoms with E-state index in [1.165, 1.54) is 4.68 Å². The number of halogens is 2. The molecule has 0 unspecified atom stereocenters. The number of para-hydroxylation sites is 1. The van der Waals surface area contributed by atoms with Gasteiger partial charge in [-0.15, -0.1) is 0 Å². The van der Waals surface area contributed by atoms with Crippen molar-refractivity contribution in [3.63, 3.8) is 0 Å². The second-order valence-electron chi connectivity index (χ2n) is 9.65. The van der Waals surface area contributed by atoms with Gasteiger partial charge >= 0.3 is 0 Å². The summed E-state index contributed by atoms with van der Waals surface area (Å²) in [5.41, 5.74) is 1.92. The van der Waals surface area contributed by atoms with E-state index in [9.17, 15) is 4.79 Å². The van der Waals surface area contributed by atoms with Crippen LogP contribution in [0.4, 0.5) is 0 Å². The number of aromatic nitrogens is 2. The Bertz CT molecular complexity index is 1680. The van der Waals surface area contributed by atoms with Crippen LogP contribution in [0.1, 0.15) is 26.3 Å². The fourth-order valence-electron chi connectivity index (χ4n) is 3.65. The smallest absolute Gasteiger partial charge is 0.282 e. The number of ether oxygens (including phenoxy) is 1. The molecule has 182 valence electrons. The van der Waals surface area contributed by atoms with Crippen molar-refractivity contribution in [2.24, 2.45) is 10.5 Å². The Morgan fingerprint density at radius 1 is 1.11 bits per heavy atom. The third-order valence-electron chi connectivity index (χ3n) is 5.39. The fraction of sp³-hybridized carbons (Fsp3) is 0.179. The van der Waals surface area contributed by atoms with Crippen molar-refractivity contribution in [2.45, 2.75) is 20.8 Å². The number of hydrogen-bond donors (Lipinski definition) is 0. The van der Waals surface area contributed by atoms with Gasteiger partial charge in [-0.2, -0.15) is 9.78 Å². The number of furan rings is 1. The van der Waals surface area contributed by atoms with Crippen molar-refractivity contribution >= 4 is 66.6 Å². The summed E-state index contributed by atoms with van der Waals surface area (Å²) in [5, 5.41) is 5.93. The van der Waals surface area contributed by atoms with Crippen LogP contribution in [-0.4, -0.2) is 22.5 Å². The van der Waals surface area contributed by atoms with Gasteiger partial charge in [0.2, 0.25) is 5.82 Å². The summed E-state index contributed by atoms with van der Waals surface area (Å²) in [7, 11) is 0. The van der Waals surface area contributed by atoms with Gasteiger partial charge in [0, 0.05) is 9.86 Å². The van der Waals surface area contributed by atoms with Crippen LogP contribution in [0.25, 0.3) is 33.5 Å². The maximum absolute atomic E-state index is 13.5. The highest BCUT2D eigenvalue weighted by Crippen LogP contribution is 2.29. The quantitative estimate of drug-likeness (QED) is 0.145. The number of fused-ring (bicyclic) bond motifs is 2. The summed E-state index contributed by atoms with van der Waals surface area (Å²) in [6.45, 7) is 7.02. The molecule has 0 N–H and O–H groups in total. The van der Waals surface area contributed by atoms with Crippen molar-refractivity contribution in [1.82, 2.24) is 9.66 Å². The van der Waals surface area contributed by atoms with Gasteiger partial charge in [-0.05, 0) is 88.2 Å². The maximum Gasteiger partial charge on any atom is 0.282 e.